The summed E-state index contributed by atoms with van der Waals surface area (Å²) in [4.78, 5) is 75.8. The van der Waals surface area contributed by atoms with Crippen molar-refractivity contribution in [3.05, 3.63) is 163 Å². The van der Waals surface area contributed by atoms with Gasteiger partial charge in [-0.25, -0.2) is 15.0 Å². The number of aromatic nitrogens is 9. The number of ether oxygens (including phenoxy) is 7. The molecule has 0 amide bonds. The molecule has 24 nitrogen and oxygen atoms in total. The standard InChI is InChI=1S/C33H46F3N3O3Si.C23H24F3N3O2.C21H24F3N3O2Si.C12H24O2.3CO2/c1-31(2,3)32(22-40-4)16-14-27(15-17-32)42-26-11-8-24(9-12-26)28-13-10-25(20-37-28)30-38-29(33(34,35)36)21-39(30)23-41-18-19-43(5,6)7;1-30-14-15-2-7-18(8-3-15)31-19-9-4-16(5-10-19)20-11-6-17(12-27-20)22-28-13-21(29-22)23(24,25)26;1-30(2,3)11-10-29-14-27-13-19(21(22,23)24)26-20(27)16-6-9-18(25-12-16)15-4-7-17(28)8-5-15;1-11(2,3)12(9-14-4)7-5-10(13)6-8-12;3*2-1-3/h8-13,20-21,27H,14-19,22-23H2,1-7H3;4-6,9-13,15,18H,2-3,7-8,14H2,1H3,(H,28,29);4-9,12-13,28H,10-11,14H2,1-3H3;10,13H,5-9H2,1-4H3;;;. The molecule has 0 aliphatic heterocycles. The van der Waals surface area contributed by atoms with E-state index >= 15 is 0 Å². The van der Waals surface area contributed by atoms with E-state index in [9.17, 15) is 49.7 Å². The number of aromatic hydroxyl groups is 1. The molecule has 3 aliphatic carbocycles. The molecule has 3 saturated carbocycles. The van der Waals surface area contributed by atoms with Crippen LogP contribution in [0.4, 0.5) is 39.5 Å². The van der Waals surface area contributed by atoms with Crippen LogP contribution in [0.1, 0.15) is 136 Å². The average Bonchev–Trinajstić information content (AvgIpc) is 1.73. The lowest BCUT2D eigenvalue weighted by Crippen LogP contribution is -2.44. The van der Waals surface area contributed by atoms with Gasteiger partial charge >= 0.3 is 37.0 Å². The number of alkyl halides is 9. The van der Waals surface area contributed by atoms with Crippen LogP contribution >= 0.6 is 0 Å². The largest absolute Gasteiger partial charge is 0.508 e. The molecule has 0 atom stereocenters. The maximum atomic E-state index is 13.5. The van der Waals surface area contributed by atoms with Gasteiger partial charge in [-0.2, -0.15) is 68.3 Å². The molecule has 3 aromatic carbocycles. The topological polar surface area (TPSA) is 310 Å². The summed E-state index contributed by atoms with van der Waals surface area (Å²) in [7, 11) is 2.69. The van der Waals surface area contributed by atoms with Crippen molar-refractivity contribution in [2.75, 3.05) is 54.4 Å². The van der Waals surface area contributed by atoms with E-state index in [4.69, 9.17) is 61.9 Å². The molecule has 127 heavy (non-hydrogen) atoms. The molecule has 3 aliphatic rings. The second-order valence-electron chi connectivity index (χ2n) is 36.0. The number of imidazole rings is 3. The predicted molar refractivity (Wildman–Crippen MR) is 462 cm³/mol. The van der Waals surface area contributed by atoms with Crippen molar-refractivity contribution in [3.63, 3.8) is 0 Å². The Hall–Kier alpha value is -10.2. The van der Waals surface area contributed by atoms with Crippen molar-refractivity contribution in [1.82, 2.24) is 44.0 Å². The molecule has 0 saturated heterocycles. The van der Waals surface area contributed by atoms with E-state index in [2.05, 4.69) is 116 Å². The lowest BCUT2D eigenvalue weighted by molar-refractivity contribution is -0.193. The van der Waals surface area contributed by atoms with Gasteiger partial charge in [-0.15, -0.1) is 0 Å². The molecule has 6 aromatic heterocycles. The van der Waals surface area contributed by atoms with Gasteiger partial charge in [0, 0.05) is 122 Å². The Labute approximate surface area is 737 Å². The molecule has 692 valence electrons. The summed E-state index contributed by atoms with van der Waals surface area (Å²) < 4.78 is 161. The number of phenols is 1. The number of carbonyl (C=O) groups excluding carboxylic acids is 6. The molecular formula is C92H118F9N9O15Si2. The van der Waals surface area contributed by atoms with Crippen LogP contribution in [-0.4, -0.2) is 162 Å². The fourth-order valence-electron chi connectivity index (χ4n) is 14.8. The van der Waals surface area contributed by atoms with E-state index in [0.717, 1.165) is 161 Å². The highest BCUT2D eigenvalue weighted by atomic mass is 28.3. The van der Waals surface area contributed by atoms with Crippen molar-refractivity contribution in [1.29, 1.82) is 0 Å². The van der Waals surface area contributed by atoms with E-state index in [-0.39, 0.29) is 95.1 Å². The Kier molecular flexibility index (Phi) is 40.2. The number of rotatable bonds is 26. The highest BCUT2D eigenvalue weighted by molar-refractivity contribution is 6.76. The Bertz CT molecular complexity index is 4820. The van der Waals surface area contributed by atoms with Crippen molar-refractivity contribution in [2.45, 2.75) is 220 Å². The van der Waals surface area contributed by atoms with Gasteiger partial charge < -0.3 is 57.5 Å². The number of H-pyrrole nitrogens is 1. The summed E-state index contributed by atoms with van der Waals surface area (Å²) >= 11 is 0. The summed E-state index contributed by atoms with van der Waals surface area (Å²) in [5, 5.41) is 18.9. The third-order valence-electron chi connectivity index (χ3n) is 22.6. The van der Waals surface area contributed by atoms with Gasteiger partial charge in [0.05, 0.1) is 54.8 Å². The molecule has 3 N–H and O–H groups in total. The second-order valence-corrected chi connectivity index (χ2v) is 47.2. The molecule has 12 rings (SSSR count). The SMILES string of the molecule is COCC1(C(C)(C)C)CCC(O)CC1.COCC1(C(C)(C)C)CCC(Oc2ccc(-c3ccc(-c4nc(C(F)(F)F)cn4COCC[Si](C)(C)C)cn3)cc2)CC1.COCC1CCC(Oc2ccc(-c3ccc(-c4ncc(C(F)(F)F)[nH]4)cn3)cc2)CC1.C[Si](C)(C)CCOCn1cc(C(F)(F)F)nc1-c1ccc(-c2ccc(O)cc2)nc1.O=C=O.O=C=O.O=C=O. The number of aromatic amines is 1. The lowest BCUT2D eigenvalue weighted by Gasteiger charge is -2.48. The molecule has 0 unspecified atom stereocenters. The third-order valence-corrected chi connectivity index (χ3v) is 26.0. The highest BCUT2D eigenvalue weighted by Crippen LogP contribution is 2.52. The zero-order valence-corrected chi connectivity index (χ0v) is 76.7. The number of phenolic OH excluding ortho intramolecular Hbond substituents is 1. The second kappa shape index (κ2) is 48.3. The molecule has 3 fully saturated rings. The van der Waals surface area contributed by atoms with Crippen molar-refractivity contribution in [2.24, 2.45) is 27.6 Å². The lowest BCUT2D eigenvalue weighted by atomic mass is 9.59. The van der Waals surface area contributed by atoms with E-state index in [0.29, 0.717) is 47.2 Å². The number of hydrogen-bond acceptors (Lipinski definition) is 21. The fourth-order valence-corrected chi connectivity index (χ4v) is 16.3. The Balaban J connectivity index is 0.000000265. The number of aliphatic hydroxyl groups is 1. The van der Waals surface area contributed by atoms with Crippen LogP contribution in [0.5, 0.6) is 17.2 Å². The Morgan fingerprint density at radius 1 is 0.449 bits per heavy atom. The Morgan fingerprint density at radius 3 is 1.11 bits per heavy atom. The van der Waals surface area contributed by atoms with Gasteiger partial charge in [-0.1, -0.05) is 80.8 Å². The van der Waals surface area contributed by atoms with Crippen LogP contribution in [0, 0.1) is 27.6 Å². The quantitative estimate of drug-likeness (QED) is 0.0258. The normalized spacial score (nSPS) is 18.4. The minimum absolute atomic E-state index is 0.00330. The van der Waals surface area contributed by atoms with Gasteiger partial charge in [-0.3, -0.25) is 15.0 Å². The summed E-state index contributed by atoms with van der Waals surface area (Å²) in [5.74, 6) is 2.88. The zero-order valence-electron chi connectivity index (χ0n) is 74.7. The first kappa shape index (κ1) is 106. The summed E-state index contributed by atoms with van der Waals surface area (Å²) in [5.41, 5.74) is 4.16. The smallest absolute Gasteiger partial charge is 0.434 e. The first-order valence-electron chi connectivity index (χ1n) is 41.6. The summed E-state index contributed by atoms with van der Waals surface area (Å²) in [6.45, 7) is 30.4. The van der Waals surface area contributed by atoms with Crippen LogP contribution in [0.25, 0.3) is 67.9 Å². The molecule has 0 radical (unpaired) electrons. The van der Waals surface area contributed by atoms with E-state index in [1.54, 1.807) is 88.2 Å². The zero-order chi connectivity index (χ0) is 94.2. The summed E-state index contributed by atoms with van der Waals surface area (Å²) in [6.07, 6.45) is 7.28. The van der Waals surface area contributed by atoms with E-state index < -0.39 is 51.8 Å². The minimum atomic E-state index is -4.55. The number of aliphatic hydroxyl groups excluding tert-OH is 1. The molecule has 9 aromatic rings. The first-order chi connectivity index (χ1) is 59.7. The number of nitrogens with zero attached hydrogens (tertiary/aromatic N) is 8. The molecule has 6 heterocycles. The molecule has 35 heteroatoms. The maximum Gasteiger partial charge on any atom is 0.434 e. The minimum Gasteiger partial charge on any atom is -0.508 e. The van der Waals surface area contributed by atoms with Gasteiger partial charge in [0.25, 0.3) is 0 Å². The van der Waals surface area contributed by atoms with Crippen LogP contribution < -0.4 is 9.47 Å². The number of hydrogen-bond donors (Lipinski definition) is 3. The number of methoxy groups -OCH3 is 3. The highest BCUT2D eigenvalue weighted by Gasteiger charge is 2.46. The monoisotopic (exact) mass is 1820 g/mol. The Morgan fingerprint density at radius 2 is 0.795 bits per heavy atom. The number of nitrogens with one attached hydrogen (secondary N) is 1. The van der Waals surface area contributed by atoms with Crippen LogP contribution in [0.15, 0.2) is 146 Å². The van der Waals surface area contributed by atoms with Crippen LogP contribution in [0.2, 0.25) is 51.4 Å². The van der Waals surface area contributed by atoms with Crippen molar-refractivity contribution >= 4 is 34.6 Å². The first-order valence-corrected chi connectivity index (χ1v) is 49.0. The molecular weight excluding hydrogens is 1700 g/mol. The van der Waals surface area contributed by atoms with Gasteiger partial charge in [0.2, 0.25) is 0 Å². The van der Waals surface area contributed by atoms with Crippen molar-refractivity contribution in [3.8, 4) is 85.2 Å². The maximum absolute atomic E-state index is 13.5. The molecule has 0 bridgehead atoms. The average molecular weight is 1820 g/mol. The van der Waals surface area contributed by atoms with Crippen LogP contribution in [-0.2, 0) is 84.4 Å². The van der Waals surface area contributed by atoms with E-state index in [1.807, 2.05) is 48.5 Å². The third kappa shape index (κ3) is 33.5. The number of halogens is 9. The van der Waals surface area contributed by atoms with Gasteiger partial charge in [-0.05, 0) is 226 Å². The number of pyridine rings is 3. The van der Waals surface area contributed by atoms with E-state index in [1.165, 1.54) is 21.5 Å². The van der Waals surface area contributed by atoms with Crippen LogP contribution in [0.3, 0.4) is 0 Å². The predicted octanol–water partition coefficient (Wildman–Crippen LogP) is 21.2. The molecule has 0 spiro atoms. The van der Waals surface area contributed by atoms with Gasteiger partial charge in [0.1, 0.15) is 53.9 Å². The van der Waals surface area contributed by atoms with Gasteiger partial charge in [0.15, 0.2) is 11.4 Å². The summed E-state index contributed by atoms with van der Waals surface area (Å²) in [6, 6.07) is 34.3. The van der Waals surface area contributed by atoms with Crippen molar-refractivity contribution < 1.29 is 112 Å². The number of benzene rings is 3. The fraction of sp³-hybridized carbons (Fsp3) is 0.511.